The van der Waals surface area contributed by atoms with Crippen LogP contribution in [-0.2, 0) is 4.74 Å². The van der Waals surface area contributed by atoms with Crippen molar-refractivity contribution in [3.05, 3.63) is 11.6 Å². The van der Waals surface area contributed by atoms with Crippen molar-refractivity contribution < 1.29 is 9.84 Å². The fourth-order valence-corrected chi connectivity index (χ4v) is 7.05. The zero-order valence-corrected chi connectivity index (χ0v) is 15.6. The van der Waals surface area contributed by atoms with Gasteiger partial charge in [-0.25, -0.2) is 0 Å². The summed E-state index contributed by atoms with van der Waals surface area (Å²) in [6, 6.07) is 0. The Morgan fingerprint density at radius 3 is 2.67 bits per heavy atom. The van der Waals surface area contributed by atoms with E-state index in [1.165, 1.54) is 38.5 Å². The van der Waals surface area contributed by atoms with E-state index in [1.54, 1.807) is 5.57 Å². The van der Waals surface area contributed by atoms with Gasteiger partial charge in [0.25, 0.3) is 0 Å². The van der Waals surface area contributed by atoms with E-state index in [9.17, 15) is 5.11 Å². The van der Waals surface area contributed by atoms with Crippen LogP contribution in [-0.4, -0.2) is 23.5 Å². The first-order chi connectivity index (χ1) is 11.3. The van der Waals surface area contributed by atoms with Crippen molar-refractivity contribution in [2.24, 2.45) is 34.3 Å². The number of aliphatic hydroxyl groups is 1. The zero-order chi connectivity index (χ0) is 17.1. The molecule has 3 unspecified atom stereocenters. The predicted molar refractivity (Wildman–Crippen MR) is 96.2 cm³/mol. The second kappa shape index (κ2) is 5.82. The second-order valence-electron chi connectivity index (χ2n) is 9.58. The fourth-order valence-electron chi connectivity index (χ4n) is 7.05. The monoisotopic (exact) mass is 333 g/mol. The van der Waals surface area contributed by atoms with E-state index in [0.29, 0.717) is 5.41 Å². The smallest absolute Gasteiger partial charge is 0.103 e. The summed E-state index contributed by atoms with van der Waals surface area (Å²) in [5.74, 6) is 2.36. The highest BCUT2D eigenvalue weighted by atomic mass is 16.5. The van der Waals surface area contributed by atoms with Crippen LogP contribution in [0.3, 0.4) is 0 Å². The molecule has 0 heterocycles. The van der Waals surface area contributed by atoms with E-state index in [4.69, 9.17) is 10.5 Å². The first-order valence-corrected chi connectivity index (χ1v) is 10.1. The number of hydrogen-bond donors (Lipinski definition) is 2. The molecule has 0 spiro atoms. The van der Waals surface area contributed by atoms with E-state index in [-0.39, 0.29) is 23.9 Å². The predicted octanol–water partition coefficient (Wildman–Crippen LogP) is 4.00. The molecule has 4 aliphatic carbocycles. The first-order valence-electron chi connectivity index (χ1n) is 10.1. The molecule has 0 aliphatic heterocycles. The maximum atomic E-state index is 10.5. The Balaban J connectivity index is 1.59. The molecule has 3 heteroatoms. The number of allylic oxidation sites excluding steroid dienone is 1. The van der Waals surface area contributed by atoms with E-state index in [2.05, 4.69) is 19.9 Å². The van der Waals surface area contributed by atoms with E-state index < -0.39 is 0 Å². The summed E-state index contributed by atoms with van der Waals surface area (Å²) in [7, 11) is 0. The molecular formula is C21H35NO2. The highest BCUT2D eigenvalue weighted by molar-refractivity contribution is 5.25. The van der Waals surface area contributed by atoms with Crippen molar-refractivity contribution in [3.8, 4) is 0 Å². The molecule has 0 aromatic rings. The maximum Gasteiger partial charge on any atom is 0.103 e. The van der Waals surface area contributed by atoms with Gasteiger partial charge in [0.05, 0.1) is 12.2 Å². The van der Waals surface area contributed by atoms with E-state index in [1.807, 2.05) is 6.92 Å². The standard InChI is InChI=1S/C21H35NO2/c1-13(22)24-15-8-10-20(2)14(12-15)4-5-16-17-6-7-19(23)21(17,3)11-9-18(16)20/h12-13,15-19,23H,4-11,22H2,1-3H3/t13?,15?,16-,17-,18-,19?,20-,21-/m0/s1. The summed E-state index contributed by atoms with van der Waals surface area (Å²) < 4.78 is 5.89. The average Bonchev–Trinajstić information content (AvgIpc) is 2.83. The Morgan fingerprint density at radius 1 is 1.12 bits per heavy atom. The molecule has 4 aliphatic rings. The average molecular weight is 334 g/mol. The molecule has 8 atom stereocenters. The molecule has 3 fully saturated rings. The molecule has 3 nitrogen and oxygen atoms in total. The van der Waals surface area contributed by atoms with Gasteiger partial charge in [0, 0.05) is 0 Å². The molecule has 3 N–H and O–H groups in total. The van der Waals surface area contributed by atoms with Crippen LogP contribution in [0.25, 0.3) is 0 Å². The molecule has 0 aromatic heterocycles. The molecule has 0 amide bonds. The number of aliphatic hydroxyl groups excluding tert-OH is 1. The summed E-state index contributed by atoms with van der Waals surface area (Å²) in [6.07, 6.45) is 12.0. The first kappa shape index (κ1) is 17.1. The van der Waals surface area contributed by atoms with Gasteiger partial charge in [0.1, 0.15) is 6.23 Å². The molecule has 0 bridgehead atoms. The van der Waals surface area contributed by atoms with Crippen LogP contribution in [0.15, 0.2) is 11.6 Å². The third-order valence-electron chi connectivity index (χ3n) is 8.41. The summed E-state index contributed by atoms with van der Waals surface area (Å²) >= 11 is 0. The van der Waals surface area contributed by atoms with Crippen LogP contribution in [0, 0.1) is 28.6 Å². The lowest BCUT2D eigenvalue weighted by Gasteiger charge is -2.58. The molecule has 136 valence electrons. The van der Waals surface area contributed by atoms with Crippen molar-refractivity contribution in [2.75, 3.05) is 0 Å². The minimum Gasteiger partial charge on any atom is -0.393 e. The van der Waals surface area contributed by atoms with Crippen molar-refractivity contribution in [1.82, 2.24) is 0 Å². The number of nitrogens with two attached hydrogens (primary N) is 1. The third kappa shape index (κ3) is 2.42. The number of rotatable bonds is 2. The van der Waals surface area contributed by atoms with Gasteiger partial charge in [0.15, 0.2) is 0 Å². The van der Waals surface area contributed by atoms with Gasteiger partial charge < -0.3 is 15.6 Å². The van der Waals surface area contributed by atoms with Crippen LogP contribution < -0.4 is 5.73 Å². The van der Waals surface area contributed by atoms with Crippen LogP contribution >= 0.6 is 0 Å². The highest BCUT2D eigenvalue weighted by Crippen LogP contribution is 2.65. The Labute approximate surface area is 147 Å². The van der Waals surface area contributed by atoms with Gasteiger partial charge in [-0.05, 0) is 86.9 Å². The topological polar surface area (TPSA) is 55.5 Å². The van der Waals surface area contributed by atoms with Gasteiger partial charge >= 0.3 is 0 Å². The van der Waals surface area contributed by atoms with Crippen molar-refractivity contribution in [1.29, 1.82) is 0 Å². The van der Waals surface area contributed by atoms with Crippen LogP contribution in [0.1, 0.15) is 72.1 Å². The molecule has 24 heavy (non-hydrogen) atoms. The summed E-state index contributed by atoms with van der Waals surface area (Å²) in [6.45, 7) is 6.81. The maximum absolute atomic E-state index is 10.5. The fraction of sp³-hybridized carbons (Fsp3) is 0.905. The van der Waals surface area contributed by atoms with Crippen molar-refractivity contribution in [2.45, 2.75) is 90.6 Å². The van der Waals surface area contributed by atoms with E-state index >= 15 is 0 Å². The normalized spacial score (nSPS) is 52.0. The Morgan fingerprint density at radius 2 is 1.92 bits per heavy atom. The van der Waals surface area contributed by atoms with Gasteiger partial charge in [-0.1, -0.05) is 25.5 Å². The minimum absolute atomic E-state index is 0.0663. The minimum atomic E-state index is -0.178. The lowest BCUT2D eigenvalue weighted by Crippen LogP contribution is -2.51. The second-order valence-corrected chi connectivity index (χ2v) is 9.58. The SMILES string of the molecule is CC(N)OC1C=C2CC[C@@H]3[C@H](CC[C@]4(C)C(O)CC[C@@H]34)[C@@]2(C)CC1. The Bertz CT molecular complexity index is 530. The van der Waals surface area contributed by atoms with Crippen molar-refractivity contribution >= 4 is 0 Å². The molecular weight excluding hydrogens is 298 g/mol. The van der Waals surface area contributed by atoms with Crippen molar-refractivity contribution in [3.63, 3.8) is 0 Å². The van der Waals surface area contributed by atoms with Crippen LogP contribution in [0.4, 0.5) is 0 Å². The van der Waals surface area contributed by atoms with Crippen LogP contribution in [0.5, 0.6) is 0 Å². The van der Waals surface area contributed by atoms with Gasteiger partial charge in [0.2, 0.25) is 0 Å². The van der Waals surface area contributed by atoms with Gasteiger partial charge in [-0.2, -0.15) is 0 Å². The molecule has 0 saturated heterocycles. The Kier molecular flexibility index (Phi) is 4.14. The molecule has 0 radical (unpaired) electrons. The number of hydrogen-bond acceptors (Lipinski definition) is 3. The summed E-state index contributed by atoms with van der Waals surface area (Å²) in [5, 5.41) is 10.5. The van der Waals surface area contributed by atoms with Gasteiger partial charge in [-0.15, -0.1) is 0 Å². The Hall–Kier alpha value is -0.380. The lowest BCUT2D eigenvalue weighted by molar-refractivity contribution is -0.0800. The lowest BCUT2D eigenvalue weighted by atomic mass is 9.47. The number of ether oxygens (including phenoxy) is 1. The quantitative estimate of drug-likeness (QED) is 0.593. The van der Waals surface area contributed by atoms with Gasteiger partial charge in [-0.3, -0.25) is 0 Å². The summed E-state index contributed by atoms with van der Waals surface area (Å²) in [4.78, 5) is 0. The third-order valence-corrected chi connectivity index (χ3v) is 8.41. The zero-order valence-electron chi connectivity index (χ0n) is 15.6. The largest absolute Gasteiger partial charge is 0.393 e. The highest BCUT2D eigenvalue weighted by Gasteiger charge is 2.58. The van der Waals surface area contributed by atoms with Crippen LogP contribution in [0.2, 0.25) is 0 Å². The van der Waals surface area contributed by atoms with E-state index in [0.717, 1.165) is 30.6 Å². The summed E-state index contributed by atoms with van der Waals surface area (Å²) in [5.41, 5.74) is 8.03. The molecule has 3 saturated carbocycles. The molecule has 4 rings (SSSR count). The number of fused-ring (bicyclic) bond motifs is 5. The molecule has 0 aromatic carbocycles.